The molecule has 1 aliphatic rings. The molecule has 1 atom stereocenters. The van der Waals surface area contributed by atoms with Crippen LogP contribution in [0.3, 0.4) is 0 Å². The molecule has 0 unspecified atom stereocenters. The molecular weight excluding hydrogens is 314 g/mol. The molecule has 2 aromatic carbocycles. The number of hydrogen-bond acceptors (Lipinski definition) is 3. The highest BCUT2D eigenvalue weighted by molar-refractivity contribution is 5.98. The van der Waals surface area contributed by atoms with Crippen LogP contribution in [0.1, 0.15) is 45.5 Å². The molecule has 0 N–H and O–H groups in total. The molecule has 1 saturated heterocycles. The minimum absolute atomic E-state index is 0.00679. The maximum Gasteiger partial charge on any atom is 0.254 e. The largest absolute Gasteiger partial charge is 0.380 e. The molecule has 1 aliphatic heterocycles. The van der Waals surface area contributed by atoms with Gasteiger partial charge in [0, 0.05) is 37.2 Å². The number of rotatable bonds is 6. The van der Waals surface area contributed by atoms with Crippen molar-refractivity contribution in [2.24, 2.45) is 0 Å². The number of methoxy groups -OCH3 is 1. The van der Waals surface area contributed by atoms with Gasteiger partial charge in [0.05, 0.1) is 6.61 Å². The van der Waals surface area contributed by atoms with Gasteiger partial charge < -0.3 is 9.64 Å². The first-order chi connectivity index (χ1) is 12.2. The fourth-order valence-electron chi connectivity index (χ4n) is 3.35. The summed E-state index contributed by atoms with van der Waals surface area (Å²) in [5.41, 5.74) is 2.42. The molecule has 0 aromatic heterocycles. The van der Waals surface area contributed by atoms with Crippen molar-refractivity contribution in [3.05, 3.63) is 71.3 Å². The average Bonchev–Trinajstić information content (AvgIpc) is 3.11. The van der Waals surface area contributed by atoms with Crippen LogP contribution in [-0.2, 0) is 11.3 Å². The molecule has 0 spiro atoms. The van der Waals surface area contributed by atoms with Crippen LogP contribution in [0.4, 0.5) is 0 Å². The van der Waals surface area contributed by atoms with Gasteiger partial charge >= 0.3 is 0 Å². The third kappa shape index (κ3) is 4.15. The van der Waals surface area contributed by atoms with Gasteiger partial charge in [-0.2, -0.15) is 0 Å². The Morgan fingerprint density at radius 1 is 1.04 bits per heavy atom. The first-order valence-electron chi connectivity index (χ1n) is 8.66. The van der Waals surface area contributed by atoms with Crippen molar-refractivity contribution < 1.29 is 14.3 Å². The van der Waals surface area contributed by atoms with E-state index in [-0.39, 0.29) is 17.7 Å². The fraction of sp³-hybridized carbons (Fsp3) is 0.333. The van der Waals surface area contributed by atoms with E-state index in [1.807, 2.05) is 59.5 Å². The predicted octanol–water partition coefficient (Wildman–Crippen LogP) is 3.71. The van der Waals surface area contributed by atoms with E-state index in [9.17, 15) is 9.59 Å². The van der Waals surface area contributed by atoms with E-state index in [4.69, 9.17) is 4.74 Å². The Labute approximate surface area is 148 Å². The van der Waals surface area contributed by atoms with Crippen molar-refractivity contribution in [2.45, 2.75) is 31.9 Å². The number of Topliss-reactive ketones (excluding diaryl/α,β-unsaturated/α-hetero) is 1. The van der Waals surface area contributed by atoms with Crippen LogP contribution >= 0.6 is 0 Å². The molecule has 1 heterocycles. The maximum absolute atomic E-state index is 12.8. The van der Waals surface area contributed by atoms with E-state index in [2.05, 4.69) is 0 Å². The Morgan fingerprint density at radius 2 is 1.76 bits per heavy atom. The molecule has 1 amide bonds. The molecular formula is C21H23NO3. The highest BCUT2D eigenvalue weighted by atomic mass is 16.5. The van der Waals surface area contributed by atoms with Crippen molar-refractivity contribution >= 4 is 11.7 Å². The smallest absolute Gasteiger partial charge is 0.254 e. The van der Waals surface area contributed by atoms with Gasteiger partial charge in [-0.15, -0.1) is 0 Å². The summed E-state index contributed by atoms with van der Waals surface area (Å²) in [6.07, 6.45) is 2.21. The molecule has 1 fully saturated rings. The van der Waals surface area contributed by atoms with E-state index in [1.165, 1.54) is 0 Å². The van der Waals surface area contributed by atoms with Crippen LogP contribution in [0.2, 0.25) is 0 Å². The van der Waals surface area contributed by atoms with Gasteiger partial charge in [0.2, 0.25) is 0 Å². The Hall–Kier alpha value is -2.46. The van der Waals surface area contributed by atoms with Crippen molar-refractivity contribution in [1.29, 1.82) is 0 Å². The summed E-state index contributed by atoms with van der Waals surface area (Å²) in [5, 5.41) is 0. The second-order valence-corrected chi connectivity index (χ2v) is 6.42. The summed E-state index contributed by atoms with van der Waals surface area (Å²) in [6.45, 7) is 1.25. The molecule has 4 heteroatoms. The standard InChI is InChI=1S/C21H23NO3/c1-25-15-16-9-11-18(12-10-16)21(24)22-13-5-8-19(22)14-20(23)17-6-3-2-4-7-17/h2-4,6-7,9-12,19H,5,8,13-15H2,1H3/t19-/m1/s1. The van der Waals surface area contributed by atoms with E-state index < -0.39 is 0 Å². The number of nitrogens with zero attached hydrogens (tertiary/aromatic N) is 1. The lowest BCUT2D eigenvalue weighted by molar-refractivity contribution is 0.0717. The van der Waals surface area contributed by atoms with Gasteiger partial charge in [0.25, 0.3) is 5.91 Å². The minimum Gasteiger partial charge on any atom is -0.380 e. The second kappa shape index (κ2) is 8.08. The molecule has 0 bridgehead atoms. The molecule has 25 heavy (non-hydrogen) atoms. The Balaban J connectivity index is 1.68. The van der Waals surface area contributed by atoms with Crippen LogP contribution in [0.25, 0.3) is 0 Å². The van der Waals surface area contributed by atoms with Crippen LogP contribution in [0.15, 0.2) is 54.6 Å². The first-order valence-corrected chi connectivity index (χ1v) is 8.66. The fourth-order valence-corrected chi connectivity index (χ4v) is 3.35. The Kier molecular flexibility index (Phi) is 5.61. The van der Waals surface area contributed by atoms with E-state index >= 15 is 0 Å². The second-order valence-electron chi connectivity index (χ2n) is 6.42. The Bertz CT molecular complexity index is 725. The van der Waals surface area contributed by atoms with Crippen LogP contribution in [0.5, 0.6) is 0 Å². The van der Waals surface area contributed by atoms with E-state index in [0.29, 0.717) is 30.7 Å². The van der Waals surface area contributed by atoms with E-state index in [1.54, 1.807) is 7.11 Å². The normalized spacial score (nSPS) is 16.8. The van der Waals surface area contributed by atoms with Crippen molar-refractivity contribution in [3.8, 4) is 0 Å². The zero-order valence-electron chi connectivity index (χ0n) is 14.5. The molecule has 3 rings (SSSR count). The summed E-state index contributed by atoms with van der Waals surface area (Å²) >= 11 is 0. The average molecular weight is 337 g/mol. The van der Waals surface area contributed by atoms with Gasteiger partial charge in [-0.3, -0.25) is 9.59 Å². The highest BCUT2D eigenvalue weighted by Gasteiger charge is 2.31. The van der Waals surface area contributed by atoms with E-state index in [0.717, 1.165) is 18.4 Å². The summed E-state index contributed by atoms with van der Waals surface area (Å²) in [7, 11) is 1.65. The minimum atomic E-state index is -0.0149. The van der Waals surface area contributed by atoms with Crippen molar-refractivity contribution in [3.63, 3.8) is 0 Å². The van der Waals surface area contributed by atoms with Crippen molar-refractivity contribution in [2.75, 3.05) is 13.7 Å². The number of likely N-dealkylation sites (tertiary alicyclic amines) is 1. The quantitative estimate of drug-likeness (QED) is 0.755. The van der Waals surface area contributed by atoms with Gasteiger partial charge in [-0.1, -0.05) is 42.5 Å². The lowest BCUT2D eigenvalue weighted by Crippen LogP contribution is -2.36. The van der Waals surface area contributed by atoms with Gasteiger partial charge in [-0.05, 0) is 30.5 Å². The zero-order valence-corrected chi connectivity index (χ0v) is 14.5. The number of hydrogen-bond donors (Lipinski definition) is 0. The summed E-state index contributed by atoms with van der Waals surface area (Å²) in [6, 6.07) is 16.8. The summed E-state index contributed by atoms with van der Waals surface area (Å²) in [4.78, 5) is 27.2. The number of carbonyl (C=O) groups is 2. The molecule has 0 radical (unpaired) electrons. The lowest BCUT2D eigenvalue weighted by Gasteiger charge is -2.24. The van der Waals surface area contributed by atoms with Gasteiger partial charge in [0.15, 0.2) is 5.78 Å². The molecule has 2 aromatic rings. The first kappa shape index (κ1) is 17.4. The van der Waals surface area contributed by atoms with Crippen LogP contribution in [-0.4, -0.2) is 36.3 Å². The number of ether oxygens (including phenoxy) is 1. The zero-order chi connectivity index (χ0) is 17.6. The van der Waals surface area contributed by atoms with Crippen LogP contribution in [0, 0.1) is 0 Å². The van der Waals surface area contributed by atoms with Gasteiger partial charge in [-0.25, -0.2) is 0 Å². The maximum atomic E-state index is 12.8. The molecule has 0 saturated carbocycles. The van der Waals surface area contributed by atoms with Crippen molar-refractivity contribution in [1.82, 2.24) is 4.90 Å². The van der Waals surface area contributed by atoms with Gasteiger partial charge in [0.1, 0.15) is 0 Å². The Morgan fingerprint density at radius 3 is 2.44 bits per heavy atom. The summed E-state index contributed by atoms with van der Waals surface area (Å²) < 4.78 is 5.10. The van der Waals surface area contributed by atoms with Crippen LogP contribution < -0.4 is 0 Å². The monoisotopic (exact) mass is 337 g/mol. The topological polar surface area (TPSA) is 46.6 Å². The third-order valence-electron chi connectivity index (χ3n) is 4.67. The number of ketones is 1. The third-order valence-corrected chi connectivity index (χ3v) is 4.67. The molecule has 0 aliphatic carbocycles. The number of carbonyl (C=O) groups excluding carboxylic acids is 2. The summed E-state index contributed by atoms with van der Waals surface area (Å²) in [5.74, 6) is 0.105. The number of benzene rings is 2. The predicted molar refractivity (Wildman–Crippen MR) is 96.6 cm³/mol. The lowest BCUT2D eigenvalue weighted by atomic mass is 10.0. The highest BCUT2D eigenvalue weighted by Crippen LogP contribution is 2.24. The molecule has 130 valence electrons. The number of amides is 1. The molecule has 4 nitrogen and oxygen atoms in total. The SMILES string of the molecule is COCc1ccc(C(=O)N2CCC[C@@H]2CC(=O)c2ccccc2)cc1.